The zero-order chi connectivity index (χ0) is 14.8. The van der Waals surface area contributed by atoms with Gasteiger partial charge in [-0.2, -0.15) is 5.10 Å². The van der Waals surface area contributed by atoms with Gasteiger partial charge >= 0.3 is 0 Å². The van der Waals surface area contributed by atoms with Crippen LogP contribution < -0.4 is 10.5 Å². The van der Waals surface area contributed by atoms with E-state index in [1.54, 1.807) is 4.68 Å². The monoisotopic (exact) mass is 311 g/mol. The lowest BCUT2D eigenvalue weighted by Crippen LogP contribution is -2.12. The van der Waals surface area contributed by atoms with E-state index >= 15 is 0 Å². The van der Waals surface area contributed by atoms with E-state index in [1.165, 1.54) is 0 Å². The number of hydrogen-bond donors (Lipinski definition) is 2. The Hall–Kier alpha value is -1.72. The molecule has 0 amide bonds. The van der Waals surface area contributed by atoms with Crippen molar-refractivity contribution < 1.29 is 9.84 Å². The zero-order valence-electron chi connectivity index (χ0n) is 12.5. The summed E-state index contributed by atoms with van der Waals surface area (Å²) in [6.07, 6.45) is 0. The maximum absolute atomic E-state index is 8.79. The van der Waals surface area contributed by atoms with Gasteiger partial charge < -0.3 is 15.6 Å². The molecule has 21 heavy (non-hydrogen) atoms. The van der Waals surface area contributed by atoms with Crippen molar-refractivity contribution >= 4 is 18.2 Å². The fourth-order valence-corrected chi connectivity index (χ4v) is 1.84. The van der Waals surface area contributed by atoms with E-state index in [0.717, 1.165) is 11.4 Å². The minimum Gasteiger partial charge on any atom is -0.491 e. The summed E-state index contributed by atoms with van der Waals surface area (Å²) >= 11 is 0. The van der Waals surface area contributed by atoms with Crippen LogP contribution in [0.15, 0.2) is 30.3 Å². The van der Waals surface area contributed by atoms with Crippen LogP contribution in [0.25, 0.3) is 5.69 Å². The number of nitrogens with zero attached hydrogens (tertiary/aromatic N) is 2. The summed E-state index contributed by atoms with van der Waals surface area (Å²) in [4.78, 5) is 0. The first-order chi connectivity index (χ1) is 9.41. The Balaban J connectivity index is 0.00000220. The van der Waals surface area contributed by atoms with E-state index in [4.69, 9.17) is 15.6 Å². The number of nitrogen functional groups attached to an aromatic ring is 1. The molecule has 0 atom stereocenters. The number of aromatic nitrogens is 2. The smallest absolute Gasteiger partial charge is 0.127 e. The van der Waals surface area contributed by atoms with Gasteiger partial charge in [0.25, 0.3) is 0 Å². The second kappa shape index (κ2) is 6.83. The van der Waals surface area contributed by atoms with Crippen LogP contribution in [0.3, 0.4) is 0 Å². The van der Waals surface area contributed by atoms with E-state index in [2.05, 4.69) is 25.9 Å². The summed E-state index contributed by atoms with van der Waals surface area (Å²) in [6.45, 7) is 6.55. The summed E-state index contributed by atoms with van der Waals surface area (Å²) in [7, 11) is 0. The molecule has 0 aliphatic rings. The Bertz CT molecular complexity index is 591. The highest BCUT2D eigenvalue weighted by molar-refractivity contribution is 5.85. The number of anilines is 1. The normalized spacial score (nSPS) is 11.0. The molecule has 3 N–H and O–H groups in total. The predicted molar refractivity (Wildman–Crippen MR) is 86.5 cm³/mol. The van der Waals surface area contributed by atoms with Crippen LogP contribution in [0, 0.1) is 0 Å². The molecule has 0 aliphatic carbocycles. The standard InChI is InChI=1S/C15H21N3O2.ClH/c1-15(2,3)13-10-14(16)18(17-13)11-5-4-6-12(9-11)20-8-7-19;/h4-6,9-10,19H,7-8,16H2,1-3H3;1H. The lowest BCUT2D eigenvalue weighted by Gasteiger charge is -2.14. The Kier molecular flexibility index (Phi) is 5.63. The highest BCUT2D eigenvalue weighted by Gasteiger charge is 2.19. The molecule has 0 bridgehead atoms. The zero-order valence-corrected chi connectivity index (χ0v) is 13.4. The molecule has 0 saturated carbocycles. The molecule has 0 fully saturated rings. The van der Waals surface area contributed by atoms with Gasteiger partial charge in [-0.1, -0.05) is 26.8 Å². The summed E-state index contributed by atoms with van der Waals surface area (Å²) in [5.41, 5.74) is 7.77. The molecular formula is C15H22ClN3O2. The molecule has 1 aromatic carbocycles. The quantitative estimate of drug-likeness (QED) is 0.910. The number of aliphatic hydroxyl groups is 1. The summed E-state index contributed by atoms with van der Waals surface area (Å²) in [5, 5.41) is 13.3. The number of rotatable bonds is 4. The maximum atomic E-state index is 8.79. The number of hydrogen-bond acceptors (Lipinski definition) is 4. The average Bonchev–Trinajstić information content (AvgIpc) is 2.79. The van der Waals surface area contributed by atoms with Crippen LogP contribution in [0.4, 0.5) is 5.82 Å². The predicted octanol–water partition coefficient (Wildman–Crippen LogP) is 2.54. The molecule has 1 aromatic heterocycles. The molecule has 0 spiro atoms. The van der Waals surface area contributed by atoms with Gasteiger partial charge in [0.15, 0.2) is 0 Å². The first-order valence-corrected chi connectivity index (χ1v) is 6.62. The highest BCUT2D eigenvalue weighted by Crippen LogP contribution is 2.25. The number of halogens is 1. The van der Waals surface area contributed by atoms with Crippen LogP contribution in [0.2, 0.25) is 0 Å². The van der Waals surface area contributed by atoms with Crippen molar-refractivity contribution in [2.24, 2.45) is 0 Å². The van der Waals surface area contributed by atoms with Crippen molar-refractivity contribution in [1.29, 1.82) is 0 Å². The molecule has 0 saturated heterocycles. The first-order valence-electron chi connectivity index (χ1n) is 6.62. The van der Waals surface area contributed by atoms with E-state index in [-0.39, 0.29) is 31.0 Å². The minimum absolute atomic E-state index is 0. The van der Waals surface area contributed by atoms with E-state index < -0.39 is 0 Å². The van der Waals surface area contributed by atoms with E-state index in [9.17, 15) is 0 Å². The number of aliphatic hydroxyl groups excluding tert-OH is 1. The fraction of sp³-hybridized carbons (Fsp3) is 0.400. The third-order valence-electron chi connectivity index (χ3n) is 2.93. The van der Waals surface area contributed by atoms with Crippen molar-refractivity contribution in [2.75, 3.05) is 18.9 Å². The van der Waals surface area contributed by atoms with E-state index in [1.807, 2.05) is 30.3 Å². The third-order valence-corrected chi connectivity index (χ3v) is 2.93. The van der Waals surface area contributed by atoms with Gasteiger partial charge in [-0.05, 0) is 12.1 Å². The Morgan fingerprint density at radius 1 is 1.29 bits per heavy atom. The van der Waals surface area contributed by atoms with Crippen molar-refractivity contribution in [2.45, 2.75) is 26.2 Å². The summed E-state index contributed by atoms with van der Waals surface area (Å²) in [6, 6.07) is 9.37. The molecule has 0 unspecified atom stereocenters. The van der Waals surface area contributed by atoms with Crippen LogP contribution in [0.5, 0.6) is 5.75 Å². The van der Waals surface area contributed by atoms with Crippen molar-refractivity contribution in [3.63, 3.8) is 0 Å². The molecule has 0 radical (unpaired) electrons. The average molecular weight is 312 g/mol. The van der Waals surface area contributed by atoms with Crippen LogP contribution >= 0.6 is 12.4 Å². The van der Waals surface area contributed by atoms with Gasteiger partial charge in [-0.25, -0.2) is 4.68 Å². The second-order valence-corrected chi connectivity index (χ2v) is 5.69. The fourth-order valence-electron chi connectivity index (χ4n) is 1.84. The Morgan fingerprint density at radius 2 is 2.00 bits per heavy atom. The van der Waals surface area contributed by atoms with Gasteiger partial charge in [0.1, 0.15) is 18.2 Å². The number of benzene rings is 1. The van der Waals surface area contributed by atoms with Crippen LogP contribution in [0.1, 0.15) is 26.5 Å². The van der Waals surface area contributed by atoms with Crippen molar-refractivity contribution in [3.8, 4) is 11.4 Å². The molecule has 6 heteroatoms. The van der Waals surface area contributed by atoms with Gasteiger partial charge in [0.2, 0.25) is 0 Å². The highest BCUT2D eigenvalue weighted by atomic mass is 35.5. The van der Waals surface area contributed by atoms with Crippen molar-refractivity contribution in [3.05, 3.63) is 36.0 Å². The largest absolute Gasteiger partial charge is 0.491 e. The lowest BCUT2D eigenvalue weighted by molar-refractivity contribution is 0.201. The first kappa shape index (κ1) is 17.3. The molecule has 5 nitrogen and oxygen atoms in total. The summed E-state index contributed by atoms with van der Waals surface area (Å²) in [5.74, 6) is 1.28. The molecule has 2 aromatic rings. The van der Waals surface area contributed by atoms with E-state index in [0.29, 0.717) is 11.6 Å². The van der Waals surface area contributed by atoms with Gasteiger partial charge in [-0.3, -0.25) is 0 Å². The SMILES string of the molecule is CC(C)(C)c1cc(N)n(-c2cccc(OCCO)c2)n1.Cl. The second-order valence-electron chi connectivity index (χ2n) is 5.69. The number of nitrogens with two attached hydrogens (primary N) is 1. The van der Waals surface area contributed by atoms with Gasteiger partial charge in [-0.15, -0.1) is 12.4 Å². The van der Waals surface area contributed by atoms with Gasteiger partial charge in [0, 0.05) is 17.5 Å². The lowest BCUT2D eigenvalue weighted by atomic mass is 9.92. The Morgan fingerprint density at radius 3 is 2.57 bits per heavy atom. The topological polar surface area (TPSA) is 73.3 Å². The molecule has 116 valence electrons. The maximum Gasteiger partial charge on any atom is 0.127 e. The third kappa shape index (κ3) is 4.12. The minimum atomic E-state index is -0.0512. The van der Waals surface area contributed by atoms with Crippen LogP contribution in [-0.4, -0.2) is 28.1 Å². The van der Waals surface area contributed by atoms with Crippen molar-refractivity contribution in [1.82, 2.24) is 9.78 Å². The molecule has 2 rings (SSSR count). The van der Waals surface area contributed by atoms with Crippen LogP contribution in [-0.2, 0) is 5.41 Å². The number of ether oxygens (including phenoxy) is 1. The Labute approximate surface area is 131 Å². The molecular weight excluding hydrogens is 290 g/mol. The molecule has 0 aliphatic heterocycles. The van der Waals surface area contributed by atoms with Gasteiger partial charge in [0.05, 0.1) is 18.0 Å². The summed E-state index contributed by atoms with van der Waals surface area (Å²) < 4.78 is 7.10. The molecule has 1 heterocycles.